The highest BCUT2D eigenvalue weighted by atomic mass is 16.5. The van der Waals surface area contributed by atoms with Crippen molar-refractivity contribution < 1.29 is 14.3 Å². The van der Waals surface area contributed by atoms with E-state index in [2.05, 4.69) is 5.32 Å². The number of ether oxygens (including phenoxy) is 1. The molecule has 19 heavy (non-hydrogen) atoms. The van der Waals surface area contributed by atoms with E-state index in [1.807, 2.05) is 27.7 Å². The van der Waals surface area contributed by atoms with Gasteiger partial charge in [0.2, 0.25) is 11.8 Å². The Bertz CT molecular complexity index is 336. The van der Waals surface area contributed by atoms with Gasteiger partial charge in [0.05, 0.1) is 6.61 Å². The molecule has 1 aliphatic heterocycles. The first-order valence-electron chi connectivity index (χ1n) is 6.97. The molecule has 110 valence electrons. The van der Waals surface area contributed by atoms with Gasteiger partial charge in [0.1, 0.15) is 12.1 Å². The number of amides is 2. The number of rotatable bonds is 5. The van der Waals surface area contributed by atoms with Crippen LogP contribution in [-0.4, -0.2) is 48.6 Å². The molecule has 0 aromatic carbocycles. The zero-order chi connectivity index (χ0) is 14.6. The van der Waals surface area contributed by atoms with Crippen LogP contribution in [0.15, 0.2) is 0 Å². The van der Waals surface area contributed by atoms with E-state index in [0.29, 0.717) is 19.8 Å². The van der Waals surface area contributed by atoms with E-state index in [4.69, 9.17) is 4.74 Å². The standard InChI is InChI=1S/C14H26N2O3/c1-6-8-19-9-7-16-10(2)12(17)15-11(13(16)18)14(3,4)5/h10-11H,6-9H2,1-5H3,(H,15,17). The van der Waals surface area contributed by atoms with Crippen molar-refractivity contribution in [1.82, 2.24) is 10.2 Å². The van der Waals surface area contributed by atoms with Crippen LogP contribution in [0.3, 0.4) is 0 Å². The molecule has 2 unspecified atom stereocenters. The Labute approximate surface area is 115 Å². The molecule has 5 heteroatoms. The molecular formula is C14H26N2O3. The first-order chi connectivity index (χ1) is 8.79. The number of carbonyl (C=O) groups is 2. The predicted octanol–water partition coefficient (Wildman–Crippen LogP) is 1.17. The molecule has 0 spiro atoms. The molecule has 1 heterocycles. The monoisotopic (exact) mass is 270 g/mol. The Morgan fingerprint density at radius 3 is 2.42 bits per heavy atom. The zero-order valence-corrected chi connectivity index (χ0v) is 12.7. The Morgan fingerprint density at radius 1 is 1.26 bits per heavy atom. The minimum Gasteiger partial charge on any atom is -0.380 e. The van der Waals surface area contributed by atoms with Crippen LogP contribution in [0.4, 0.5) is 0 Å². The molecule has 1 saturated heterocycles. The van der Waals surface area contributed by atoms with E-state index < -0.39 is 12.1 Å². The summed E-state index contributed by atoms with van der Waals surface area (Å²) in [6.45, 7) is 11.3. The highest BCUT2D eigenvalue weighted by Crippen LogP contribution is 2.24. The van der Waals surface area contributed by atoms with Gasteiger partial charge >= 0.3 is 0 Å². The van der Waals surface area contributed by atoms with Crippen LogP contribution in [0.25, 0.3) is 0 Å². The van der Waals surface area contributed by atoms with Crippen molar-refractivity contribution in [1.29, 1.82) is 0 Å². The van der Waals surface area contributed by atoms with Crippen molar-refractivity contribution in [3.05, 3.63) is 0 Å². The van der Waals surface area contributed by atoms with Gasteiger partial charge in [-0.1, -0.05) is 27.7 Å². The molecule has 0 aliphatic carbocycles. The van der Waals surface area contributed by atoms with Crippen LogP contribution in [0.2, 0.25) is 0 Å². The van der Waals surface area contributed by atoms with E-state index in [9.17, 15) is 9.59 Å². The summed E-state index contributed by atoms with van der Waals surface area (Å²) >= 11 is 0. The van der Waals surface area contributed by atoms with E-state index in [1.165, 1.54) is 0 Å². The minimum atomic E-state index is -0.456. The van der Waals surface area contributed by atoms with Crippen molar-refractivity contribution in [3.8, 4) is 0 Å². The van der Waals surface area contributed by atoms with Gasteiger partial charge in [-0.2, -0.15) is 0 Å². The Balaban J connectivity index is 2.70. The third kappa shape index (κ3) is 3.93. The first-order valence-corrected chi connectivity index (χ1v) is 6.97. The van der Waals surface area contributed by atoms with Crippen molar-refractivity contribution in [2.45, 2.75) is 53.1 Å². The van der Waals surface area contributed by atoms with Gasteiger partial charge in [-0.3, -0.25) is 9.59 Å². The normalized spacial score (nSPS) is 24.6. The summed E-state index contributed by atoms with van der Waals surface area (Å²) in [6.07, 6.45) is 0.953. The smallest absolute Gasteiger partial charge is 0.246 e. The molecule has 1 fully saturated rings. The number of hydrogen-bond donors (Lipinski definition) is 1. The lowest BCUT2D eigenvalue weighted by molar-refractivity contribution is -0.152. The van der Waals surface area contributed by atoms with Crippen molar-refractivity contribution in [3.63, 3.8) is 0 Å². The molecule has 0 aromatic heterocycles. The predicted molar refractivity (Wildman–Crippen MR) is 73.7 cm³/mol. The largest absolute Gasteiger partial charge is 0.380 e. The summed E-state index contributed by atoms with van der Waals surface area (Å²) in [5.41, 5.74) is -0.282. The second kappa shape index (κ2) is 6.37. The quantitative estimate of drug-likeness (QED) is 0.763. The fraction of sp³-hybridized carbons (Fsp3) is 0.857. The van der Waals surface area contributed by atoms with E-state index >= 15 is 0 Å². The molecule has 5 nitrogen and oxygen atoms in total. The fourth-order valence-corrected chi connectivity index (χ4v) is 2.12. The number of nitrogens with one attached hydrogen (secondary N) is 1. The Kier molecular flexibility index (Phi) is 5.35. The van der Waals surface area contributed by atoms with Gasteiger partial charge in [-0.25, -0.2) is 0 Å². The number of nitrogens with zero attached hydrogens (tertiary/aromatic N) is 1. The Hall–Kier alpha value is -1.10. The van der Waals surface area contributed by atoms with Crippen LogP contribution >= 0.6 is 0 Å². The van der Waals surface area contributed by atoms with E-state index in [0.717, 1.165) is 6.42 Å². The highest BCUT2D eigenvalue weighted by molar-refractivity contribution is 5.97. The number of piperazine rings is 1. The lowest BCUT2D eigenvalue weighted by Gasteiger charge is -2.42. The summed E-state index contributed by atoms with van der Waals surface area (Å²) in [4.78, 5) is 26.0. The van der Waals surface area contributed by atoms with Crippen molar-refractivity contribution in [2.75, 3.05) is 19.8 Å². The summed E-state index contributed by atoms with van der Waals surface area (Å²) in [7, 11) is 0. The van der Waals surface area contributed by atoms with Crippen LogP contribution in [-0.2, 0) is 14.3 Å². The third-order valence-corrected chi connectivity index (χ3v) is 3.35. The molecular weight excluding hydrogens is 244 g/mol. The van der Waals surface area contributed by atoms with Gasteiger partial charge in [0.15, 0.2) is 0 Å². The fourth-order valence-electron chi connectivity index (χ4n) is 2.12. The van der Waals surface area contributed by atoms with Crippen LogP contribution < -0.4 is 5.32 Å². The molecule has 0 bridgehead atoms. The lowest BCUT2D eigenvalue weighted by atomic mass is 9.84. The van der Waals surface area contributed by atoms with Gasteiger partial charge in [-0.05, 0) is 18.8 Å². The molecule has 0 aromatic rings. The lowest BCUT2D eigenvalue weighted by Crippen LogP contribution is -2.66. The summed E-state index contributed by atoms with van der Waals surface area (Å²) < 4.78 is 5.41. The first kappa shape index (κ1) is 16.0. The SMILES string of the molecule is CCCOCCN1C(=O)C(C(C)(C)C)NC(=O)C1C. The third-order valence-electron chi connectivity index (χ3n) is 3.35. The molecule has 0 radical (unpaired) electrons. The molecule has 2 amide bonds. The van der Waals surface area contributed by atoms with Crippen LogP contribution in [0.5, 0.6) is 0 Å². The molecule has 2 atom stereocenters. The van der Waals surface area contributed by atoms with E-state index in [1.54, 1.807) is 11.8 Å². The van der Waals surface area contributed by atoms with Crippen LogP contribution in [0.1, 0.15) is 41.0 Å². The average Bonchev–Trinajstić information content (AvgIpc) is 2.31. The highest BCUT2D eigenvalue weighted by Gasteiger charge is 2.43. The molecule has 1 N–H and O–H groups in total. The van der Waals surface area contributed by atoms with Gasteiger partial charge < -0.3 is 15.0 Å². The number of hydrogen-bond acceptors (Lipinski definition) is 3. The maximum Gasteiger partial charge on any atom is 0.246 e. The molecule has 1 rings (SSSR count). The second-order valence-electron chi connectivity index (χ2n) is 6.13. The summed E-state index contributed by atoms with van der Waals surface area (Å²) in [6, 6.07) is -0.876. The van der Waals surface area contributed by atoms with Gasteiger partial charge in [-0.15, -0.1) is 0 Å². The molecule has 1 aliphatic rings. The van der Waals surface area contributed by atoms with Gasteiger partial charge in [0.25, 0.3) is 0 Å². The molecule has 0 saturated carbocycles. The Morgan fingerprint density at radius 2 is 1.89 bits per heavy atom. The van der Waals surface area contributed by atoms with Crippen LogP contribution in [0, 0.1) is 5.41 Å². The maximum atomic E-state index is 12.4. The second-order valence-corrected chi connectivity index (χ2v) is 6.13. The topological polar surface area (TPSA) is 58.6 Å². The summed E-state index contributed by atoms with van der Waals surface area (Å²) in [5, 5.41) is 2.82. The average molecular weight is 270 g/mol. The maximum absolute atomic E-state index is 12.4. The number of carbonyl (C=O) groups excluding carboxylic acids is 2. The van der Waals surface area contributed by atoms with E-state index in [-0.39, 0.29) is 17.2 Å². The minimum absolute atomic E-state index is 0.0142. The van der Waals surface area contributed by atoms with Crippen molar-refractivity contribution >= 4 is 11.8 Å². The van der Waals surface area contributed by atoms with Gasteiger partial charge in [0, 0.05) is 13.2 Å². The summed E-state index contributed by atoms with van der Waals surface area (Å²) in [5.74, 6) is -0.102. The van der Waals surface area contributed by atoms with Crippen molar-refractivity contribution in [2.24, 2.45) is 5.41 Å². The zero-order valence-electron chi connectivity index (χ0n) is 12.7.